The van der Waals surface area contributed by atoms with Gasteiger partial charge in [-0.1, -0.05) is 0 Å². The monoisotopic (exact) mass is 117 g/mol. The van der Waals surface area contributed by atoms with Crippen LogP contribution in [0.1, 0.15) is 20.8 Å². The number of hydrogen-bond acceptors (Lipinski definition) is 2. The third kappa shape index (κ3) is 5.92. The summed E-state index contributed by atoms with van der Waals surface area (Å²) >= 11 is 0. The zero-order chi connectivity index (χ0) is 6.41. The van der Waals surface area contributed by atoms with E-state index < -0.39 is 0 Å². The van der Waals surface area contributed by atoms with Gasteiger partial charge in [0.05, 0.1) is 6.73 Å². The first-order valence-electron chi connectivity index (χ1n) is 3.08. The van der Waals surface area contributed by atoms with Crippen molar-refractivity contribution in [3.63, 3.8) is 0 Å². The van der Waals surface area contributed by atoms with Crippen LogP contribution >= 0.6 is 0 Å². The molecule has 0 spiro atoms. The van der Waals surface area contributed by atoms with Gasteiger partial charge in [0, 0.05) is 12.6 Å². The summed E-state index contributed by atoms with van der Waals surface area (Å²) in [5, 5.41) is 3.12. The van der Waals surface area contributed by atoms with E-state index in [-0.39, 0.29) is 0 Å². The Bertz CT molecular complexity index is 45.8. The van der Waals surface area contributed by atoms with E-state index in [1.54, 1.807) is 0 Å². The van der Waals surface area contributed by atoms with E-state index in [0.717, 1.165) is 6.61 Å². The highest BCUT2D eigenvalue weighted by molar-refractivity contribution is 4.44. The van der Waals surface area contributed by atoms with Gasteiger partial charge in [-0.2, -0.15) is 0 Å². The second-order valence-corrected chi connectivity index (χ2v) is 2.00. The van der Waals surface area contributed by atoms with Crippen LogP contribution in [0.15, 0.2) is 0 Å². The van der Waals surface area contributed by atoms with E-state index in [9.17, 15) is 0 Å². The van der Waals surface area contributed by atoms with Crippen LogP contribution in [0.4, 0.5) is 0 Å². The van der Waals surface area contributed by atoms with Crippen LogP contribution < -0.4 is 5.32 Å². The first-order chi connectivity index (χ1) is 3.77. The van der Waals surface area contributed by atoms with Crippen LogP contribution in [0.25, 0.3) is 0 Å². The molecule has 50 valence electrons. The fourth-order valence-corrected chi connectivity index (χ4v) is 0.328. The third-order valence-corrected chi connectivity index (χ3v) is 0.798. The molecule has 2 nitrogen and oxygen atoms in total. The zero-order valence-electron chi connectivity index (χ0n) is 5.90. The van der Waals surface area contributed by atoms with E-state index in [4.69, 9.17) is 4.74 Å². The second-order valence-electron chi connectivity index (χ2n) is 2.00. The number of rotatable bonds is 4. The predicted molar refractivity (Wildman–Crippen MR) is 34.8 cm³/mol. The minimum atomic E-state index is 0.529. The molecule has 0 aliphatic heterocycles. The number of nitrogens with one attached hydrogen (secondary N) is 1. The smallest absolute Gasteiger partial charge is 0.0967 e. The summed E-state index contributed by atoms with van der Waals surface area (Å²) in [6, 6.07) is 0.529. The molecule has 0 aromatic rings. The van der Waals surface area contributed by atoms with E-state index >= 15 is 0 Å². The van der Waals surface area contributed by atoms with Crippen LogP contribution in [-0.4, -0.2) is 19.4 Å². The molecule has 0 aromatic heterocycles. The molecule has 0 heterocycles. The Hall–Kier alpha value is -0.0800. The molecule has 0 amide bonds. The van der Waals surface area contributed by atoms with Crippen molar-refractivity contribution >= 4 is 0 Å². The first-order valence-corrected chi connectivity index (χ1v) is 3.08. The first kappa shape index (κ1) is 7.92. The largest absolute Gasteiger partial charge is 0.367 e. The Balaban J connectivity index is 2.72. The van der Waals surface area contributed by atoms with Crippen LogP contribution in [0.5, 0.6) is 0 Å². The molecular formula is C6H15NO. The third-order valence-electron chi connectivity index (χ3n) is 0.798. The molecule has 0 saturated heterocycles. The lowest BCUT2D eigenvalue weighted by Gasteiger charge is -2.06. The van der Waals surface area contributed by atoms with Crippen molar-refractivity contribution in [3.05, 3.63) is 0 Å². The zero-order valence-corrected chi connectivity index (χ0v) is 5.90. The summed E-state index contributed by atoms with van der Waals surface area (Å²) in [5.41, 5.74) is 0. The van der Waals surface area contributed by atoms with Crippen molar-refractivity contribution in [1.29, 1.82) is 0 Å². The maximum atomic E-state index is 5.03. The summed E-state index contributed by atoms with van der Waals surface area (Å²) in [5.74, 6) is 0. The van der Waals surface area contributed by atoms with Gasteiger partial charge in [0.2, 0.25) is 0 Å². The van der Waals surface area contributed by atoms with Crippen LogP contribution in [0.3, 0.4) is 0 Å². The number of ether oxygens (including phenoxy) is 1. The summed E-state index contributed by atoms with van der Waals surface area (Å²) in [6.07, 6.45) is 0. The molecule has 0 bridgehead atoms. The van der Waals surface area contributed by atoms with Crippen LogP contribution in [0.2, 0.25) is 0 Å². The predicted octanol–water partition coefficient (Wildman–Crippen LogP) is 0.978. The van der Waals surface area contributed by atoms with Gasteiger partial charge in [-0.15, -0.1) is 0 Å². The fourth-order valence-electron chi connectivity index (χ4n) is 0.328. The van der Waals surface area contributed by atoms with Gasteiger partial charge in [-0.3, -0.25) is 5.32 Å². The molecule has 8 heavy (non-hydrogen) atoms. The molecule has 0 aromatic carbocycles. The van der Waals surface area contributed by atoms with Crippen molar-refractivity contribution < 1.29 is 4.74 Å². The standard InChI is InChI=1S/C6H15NO/c1-4-8-5-7-6(2)3/h6-7H,4-5H2,1-3H3. The Kier molecular flexibility index (Phi) is 5.01. The normalized spacial score (nSPS) is 10.5. The maximum absolute atomic E-state index is 5.03. The van der Waals surface area contributed by atoms with Gasteiger partial charge < -0.3 is 4.74 Å². The van der Waals surface area contributed by atoms with Crippen molar-refractivity contribution in [2.24, 2.45) is 0 Å². The van der Waals surface area contributed by atoms with Gasteiger partial charge in [-0.05, 0) is 20.8 Å². The average Bonchev–Trinajstić information content (AvgIpc) is 1.66. The average molecular weight is 117 g/mol. The molecular weight excluding hydrogens is 102 g/mol. The van der Waals surface area contributed by atoms with Crippen molar-refractivity contribution in [1.82, 2.24) is 5.32 Å². The topological polar surface area (TPSA) is 21.3 Å². The van der Waals surface area contributed by atoms with Crippen molar-refractivity contribution in [2.45, 2.75) is 26.8 Å². The lowest BCUT2D eigenvalue weighted by Crippen LogP contribution is -2.25. The molecule has 2 heteroatoms. The second kappa shape index (κ2) is 5.06. The number of hydrogen-bond donors (Lipinski definition) is 1. The summed E-state index contributed by atoms with van der Waals surface area (Å²) in [6.45, 7) is 7.65. The summed E-state index contributed by atoms with van der Waals surface area (Å²) in [4.78, 5) is 0. The molecule has 0 aliphatic carbocycles. The van der Waals surface area contributed by atoms with Gasteiger partial charge in [-0.25, -0.2) is 0 Å². The van der Waals surface area contributed by atoms with E-state index in [1.165, 1.54) is 0 Å². The molecule has 0 atom stereocenters. The van der Waals surface area contributed by atoms with Crippen LogP contribution in [0, 0.1) is 0 Å². The Morgan fingerprint density at radius 2 is 2.12 bits per heavy atom. The molecule has 0 saturated carbocycles. The van der Waals surface area contributed by atoms with E-state index in [1.807, 2.05) is 6.92 Å². The quantitative estimate of drug-likeness (QED) is 0.438. The van der Waals surface area contributed by atoms with Gasteiger partial charge in [0.25, 0.3) is 0 Å². The minimum Gasteiger partial charge on any atom is -0.367 e. The lowest BCUT2D eigenvalue weighted by molar-refractivity contribution is 0.123. The highest BCUT2D eigenvalue weighted by Crippen LogP contribution is 1.75. The van der Waals surface area contributed by atoms with Crippen LogP contribution in [-0.2, 0) is 4.74 Å². The molecule has 0 unspecified atom stereocenters. The minimum absolute atomic E-state index is 0.529. The highest BCUT2D eigenvalue weighted by Gasteiger charge is 1.87. The molecule has 0 rings (SSSR count). The lowest BCUT2D eigenvalue weighted by atomic mass is 10.4. The van der Waals surface area contributed by atoms with Gasteiger partial charge >= 0.3 is 0 Å². The molecule has 0 radical (unpaired) electrons. The molecule has 1 N–H and O–H groups in total. The van der Waals surface area contributed by atoms with Gasteiger partial charge in [0.1, 0.15) is 0 Å². The Labute approximate surface area is 51.2 Å². The molecule has 0 aliphatic rings. The highest BCUT2D eigenvalue weighted by atomic mass is 16.5. The summed E-state index contributed by atoms with van der Waals surface area (Å²) in [7, 11) is 0. The fraction of sp³-hybridized carbons (Fsp3) is 1.00. The van der Waals surface area contributed by atoms with E-state index in [0.29, 0.717) is 12.8 Å². The maximum Gasteiger partial charge on any atom is 0.0967 e. The molecule has 0 fully saturated rings. The van der Waals surface area contributed by atoms with Crippen molar-refractivity contribution in [3.8, 4) is 0 Å². The Morgan fingerprint density at radius 1 is 1.50 bits per heavy atom. The Morgan fingerprint density at radius 3 is 2.50 bits per heavy atom. The van der Waals surface area contributed by atoms with Gasteiger partial charge in [0.15, 0.2) is 0 Å². The van der Waals surface area contributed by atoms with E-state index in [2.05, 4.69) is 19.2 Å². The summed E-state index contributed by atoms with van der Waals surface area (Å²) < 4.78 is 5.03. The van der Waals surface area contributed by atoms with Crippen molar-refractivity contribution in [2.75, 3.05) is 13.3 Å². The SMILES string of the molecule is CCOCNC(C)C.